The monoisotopic (exact) mass is 330 g/mol. The number of carbonyl (C=O) groups is 1. The van der Waals surface area contributed by atoms with Gasteiger partial charge in [-0.3, -0.25) is 9.69 Å². The molecule has 1 unspecified atom stereocenters. The van der Waals surface area contributed by atoms with Crippen molar-refractivity contribution in [2.75, 3.05) is 26.8 Å². The second-order valence-corrected chi connectivity index (χ2v) is 5.18. The molecule has 1 N–H and O–H groups in total. The van der Waals surface area contributed by atoms with Gasteiger partial charge in [-0.1, -0.05) is 12.1 Å². The van der Waals surface area contributed by atoms with Crippen molar-refractivity contribution in [1.29, 1.82) is 0 Å². The molecule has 1 aromatic rings. The average molecular weight is 331 g/mol. The molecule has 1 atom stereocenters. The van der Waals surface area contributed by atoms with E-state index in [0.29, 0.717) is 30.8 Å². The molecule has 1 amide bonds. The minimum Gasteiger partial charge on any atom is -0.378 e. The van der Waals surface area contributed by atoms with E-state index in [9.17, 15) is 9.18 Å². The van der Waals surface area contributed by atoms with Crippen molar-refractivity contribution >= 4 is 21.8 Å². The van der Waals surface area contributed by atoms with E-state index in [2.05, 4.69) is 21.2 Å². The van der Waals surface area contributed by atoms with Gasteiger partial charge < -0.3 is 10.1 Å². The Balaban J connectivity index is 2.15. The second-order valence-electron chi connectivity index (χ2n) is 4.39. The molecule has 2 rings (SSSR count). The molecule has 0 aromatic heterocycles. The third kappa shape index (κ3) is 3.32. The molecule has 1 aliphatic heterocycles. The lowest BCUT2D eigenvalue weighted by atomic mass is 10.1. The molecule has 0 radical (unpaired) electrons. The highest BCUT2D eigenvalue weighted by molar-refractivity contribution is 9.10. The van der Waals surface area contributed by atoms with Crippen LogP contribution in [-0.4, -0.2) is 43.7 Å². The van der Waals surface area contributed by atoms with Crippen molar-refractivity contribution in [2.45, 2.75) is 12.6 Å². The SMILES string of the molecule is CNC(=O)C1COCCN1Cc1cccc(F)c1Br. The van der Waals surface area contributed by atoms with Crippen LogP contribution in [0.2, 0.25) is 0 Å². The zero-order chi connectivity index (χ0) is 13.8. The number of nitrogens with one attached hydrogen (secondary N) is 1. The van der Waals surface area contributed by atoms with E-state index in [4.69, 9.17) is 4.74 Å². The zero-order valence-corrected chi connectivity index (χ0v) is 12.2. The lowest BCUT2D eigenvalue weighted by Gasteiger charge is -2.34. The molecule has 0 aliphatic carbocycles. The number of nitrogens with zero attached hydrogens (tertiary/aromatic N) is 1. The van der Waals surface area contributed by atoms with Gasteiger partial charge in [-0.05, 0) is 27.6 Å². The Labute approximate surface area is 120 Å². The molecule has 1 aromatic carbocycles. The summed E-state index contributed by atoms with van der Waals surface area (Å²) < 4.78 is 19.3. The van der Waals surface area contributed by atoms with Crippen molar-refractivity contribution in [3.05, 3.63) is 34.1 Å². The first kappa shape index (κ1) is 14.4. The zero-order valence-electron chi connectivity index (χ0n) is 10.7. The van der Waals surface area contributed by atoms with E-state index in [1.807, 2.05) is 11.0 Å². The van der Waals surface area contributed by atoms with Gasteiger partial charge in [0, 0.05) is 20.1 Å². The van der Waals surface area contributed by atoms with Gasteiger partial charge in [-0.2, -0.15) is 0 Å². The van der Waals surface area contributed by atoms with Crippen LogP contribution in [0.5, 0.6) is 0 Å². The quantitative estimate of drug-likeness (QED) is 0.914. The van der Waals surface area contributed by atoms with Gasteiger partial charge in [0.15, 0.2) is 0 Å². The molecule has 19 heavy (non-hydrogen) atoms. The van der Waals surface area contributed by atoms with E-state index in [0.717, 1.165) is 5.56 Å². The number of hydrogen-bond donors (Lipinski definition) is 1. The number of benzene rings is 1. The van der Waals surface area contributed by atoms with E-state index in [-0.39, 0.29) is 17.8 Å². The maximum absolute atomic E-state index is 13.5. The maximum Gasteiger partial charge on any atom is 0.239 e. The van der Waals surface area contributed by atoms with Crippen molar-refractivity contribution in [3.8, 4) is 0 Å². The first-order valence-electron chi connectivity index (χ1n) is 6.09. The van der Waals surface area contributed by atoms with E-state index >= 15 is 0 Å². The predicted octanol–water partition coefficient (Wildman–Crippen LogP) is 1.53. The lowest BCUT2D eigenvalue weighted by Crippen LogP contribution is -2.52. The maximum atomic E-state index is 13.5. The van der Waals surface area contributed by atoms with Crippen LogP contribution in [0, 0.1) is 5.82 Å². The molecular formula is C13H16BrFN2O2. The smallest absolute Gasteiger partial charge is 0.239 e. The summed E-state index contributed by atoms with van der Waals surface area (Å²) in [5.41, 5.74) is 0.829. The molecule has 1 aliphatic rings. The molecule has 0 spiro atoms. The number of amides is 1. The average Bonchev–Trinajstić information content (AvgIpc) is 2.43. The fourth-order valence-corrected chi connectivity index (χ4v) is 2.51. The third-order valence-corrected chi connectivity index (χ3v) is 4.08. The fraction of sp³-hybridized carbons (Fsp3) is 0.462. The molecule has 0 saturated carbocycles. The van der Waals surface area contributed by atoms with Crippen molar-refractivity contribution < 1.29 is 13.9 Å². The standard InChI is InChI=1S/C13H16BrFN2O2/c1-16-13(18)11-8-19-6-5-17(11)7-9-3-2-4-10(15)12(9)14/h2-4,11H,5-8H2,1H3,(H,16,18). The molecule has 1 saturated heterocycles. The first-order valence-corrected chi connectivity index (χ1v) is 6.89. The minimum absolute atomic E-state index is 0.0766. The summed E-state index contributed by atoms with van der Waals surface area (Å²) in [7, 11) is 1.60. The largest absolute Gasteiger partial charge is 0.378 e. The summed E-state index contributed by atoms with van der Waals surface area (Å²) >= 11 is 3.25. The Morgan fingerprint density at radius 1 is 1.63 bits per heavy atom. The number of likely N-dealkylation sites (N-methyl/N-ethyl adjacent to an activating group) is 1. The third-order valence-electron chi connectivity index (χ3n) is 3.19. The molecular weight excluding hydrogens is 315 g/mol. The second kappa shape index (κ2) is 6.45. The highest BCUT2D eigenvalue weighted by atomic mass is 79.9. The topological polar surface area (TPSA) is 41.6 Å². The Bertz CT molecular complexity index is 470. The van der Waals surface area contributed by atoms with Crippen LogP contribution in [-0.2, 0) is 16.1 Å². The van der Waals surface area contributed by atoms with Crippen molar-refractivity contribution in [3.63, 3.8) is 0 Å². The molecule has 1 fully saturated rings. The van der Waals surface area contributed by atoms with Crippen LogP contribution in [0.4, 0.5) is 4.39 Å². The number of hydrogen-bond acceptors (Lipinski definition) is 3. The van der Waals surface area contributed by atoms with E-state index in [1.165, 1.54) is 6.07 Å². The van der Waals surface area contributed by atoms with Gasteiger partial charge in [-0.15, -0.1) is 0 Å². The van der Waals surface area contributed by atoms with Gasteiger partial charge in [0.05, 0.1) is 17.7 Å². The first-order chi connectivity index (χ1) is 9.13. The van der Waals surface area contributed by atoms with Crippen LogP contribution >= 0.6 is 15.9 Å². The summed E-state index contributed by atoms with van der Waals surface area (Å²) in [6.07, 6.45) is 0. The van der Waals surface area contributed by atoms with Gasteiger partial charge in [0.1, 0.15) is 11.9 Å². The number of halogens is 2. The Morgan fingerprint density at radius 2 is 2.42 bits per heavy atom. The van der Waals surface area contributed by atoms with Crippen LogP contribution in [0.1, 0.15) is 5.56 Å². The van der Waals surface area contributed by atoms with Gasteiger partial charge in [-0.25, -0.2) is 4.39 Å². The summed E-state index contributed by atoms with van der Waals surface area (Å²) in [4.78, 5) is 13.8. The Kier molecular flexibility index (Phi) is 4.90. The molecule has 4 nitrogen and oxygen atoms in total. The van der Waals surface area contributed by atoms with Crippen LogP contribution in [0.15, 0.2) is 22.7 Å². The highest BCUT2D eigenvalue weighted by Gasteiger charge is 2.29. The van der Waals surface area contributed by atoms with Gasteiger partial charge in [0.25, 0.3) is 0 Å². The summed E-state index contributed by atoms with van der Waals surface area (Å²) in [5.74, 6) is -0.366. The number of morpholine rings is 1. The van der Waals surface area contributed by atoms with Gasteiger partial charge >= 0.3 is 0 Å². The Morgan fingerprint density at radius 3 is 3.16 bits per heavy atom. The van der Waals surface area contributed by atoms with Crippen molar-refractivity contribution in [2.24, 2.45) is 0 Å². The molecule has 0 bridgehead atoms. The van der Waals surface area contributed by atoms with Crippen molar-refractivity contribution in [1.82, 2.24) is 10.2 Å². The summed E-state index contributed by atoms with van der Waals surface area (Å²) in [6, 6.07) is 4.60. The normalized spacial score (nSPS) is 20.3. The summed E-state index contributed by atoms with van der Waals surface area (Å²) in [5, 5.41) is 2.63. The predicted molar refractivity (Wildman–Crippen MR) is 73.2 cm³/mol. The van der Waals surface area contributed by atoms with Crippen LogP contribution in [0.3, 0.4) is 0 Å². The number of rotatable bonds is 3. The Hall–Kier alpha value is -0.980. The minimum atomic E-state index is -0.325. The lowest BCUT2D eigenvalue weighted by molar-refractivity contribution is -0.132. The van der Waals surface area contributed by atoms with E-state index in [1.54, 1.807) is 13.1 Å². The van der Waals surface area contributed by atoms with Crippen LogP contribution < -0.4 is 5.32 Å². The van der Waals surface area contributed by atoms with E-state index < -0.39 is 0 Å². The van der Waals surface area contributed by atoms with Crippen LogP contribution in [0.25, 0.3) is 0 Å². The number of carbonyl (C=O) groups excluding carboxylic acids is 1. The molecule has 104 valence electrons. The highest BCUT2D eigenvalue weighted by Crippen LogP contribution is 2.23. The number of ether oxygens (including phenoxy) is 1. The van der Waals surface area contributed by atoms with Gasteiger partial charge in [0.2, 0.25) is 5.91 Å². The summed E-state index contributed by atoms with van der Waals surface area (Å²) in [6.45, 7) is 2.12. The molecule has 1 heterocycles. The fourth-order valence-electron chi connectivity index (χ4n) is 2.12. The molecule has 6 heteroatoms.